The van der Waals surface area contributed by atoms with Crippen molar-refractivity contribution in [2.24, 2.45) is 5.92 Å². The Kier molecular flexibility index (Phi) is 3.71. The molecule has 4 nitrogen and oxygen atoms in total. The first kappa shape index (κ1) is 12.9. The summed E-state index contributed by atoms with van der Waals surface area (Å²) in [6.07, 6.45) is 7.09. The highest BCUT2D eigenvalue weighted by Gasteiger charge is 2.38. The van der Waals surface area contributed by atoms with Crippen LogP contribution in [0.5, 0.6) is 0 Å². The fourth-order valence-corrected chi connectivity index (χ4v) is 3.33. The molecule has 104 valence electrons. The second kappa shape index (κ2) is 5.47. The first-order valence-electron chi connectivity index (χ1n) is 7.18. The molecule has 3 rings (SSSR count). The zero-order chi connectivity index (χ0) is 13.1. The van der Waals surface area contributed by atoms with Gasteiger partial charge >= 0.3 is 0 Å². The third-order valence-corrected chi connectivity index (χ3v) is 4.43. The Morgan fingerprint density at radius 3 is 2.95 bits per heavy atom. The number of nitrogens with zero attached hydrogens (tertiary/aromatic N) is 1. The van der Waals surface area contributed by atoms with Gasteiger partial charge in [0.2, 0.25) is 0 Å². The molecule has 0 radical (unpaired) electrons. The van der Waals surface area contributed by atoms with Crippen LogP contribution in [0, 0.1) is 5.92 Å². The number of aromatic nitrogens is 1. The number of pyridine rings is 1. The molecule has 1 aromatic heterocycles. The van der Waals surface area contributed by atoms with Crippen molar-refractivity contribution in [1.82, 2.24) is 4.98 Å². The highest BCUT2D eigenvalue weighted by Crippen LogP contribution is 2.38. The Morgan fingerprint density at radius 1 is 1.32 bits per heavy atom. The van der Waals surface area contributed by atoms with Gasteiger partial charge in [0.15, 0.2) is 0 Å². The molecule has 2 aliphatic rings. The van der Waals surface area contributed by atoms with E-state index in [9.17, 15) is 0 Å². The van der Waals surface area contributed by atoms with E-state index in [4.69, 9.17) is 15.2 Å². The van der Waals surface area contributed by atoms with Gasteiger partial charge in [-0.25, -0.2) is 4.98 Å². The standard InChI is InChI=1S/C15H22N2O2/c16-14-13(2-1-6-17-14)10-12-3-7-19-15(11-12)4-8-18-9-5-15/h1-2,6,12H,3-5,7-11H2,(H2,16,17). The Balaban J connectivity index is 1.67. The zero-order valence-corrected chi connectivity index (χ0v) is 11.3. The van der Waals surface area contributed by atoms with E-state index in [0.29, 0.717) is 11.7 Å². The van der Waals surface area contributed by atoms with Crippen molar-refractivity contribution in [2.45, 2.75) is 37.7 Å². The molecule has 19 heavy (non-hydrogen) atoms. The smallest absolute Gasteiger partial charge is 0.126 e. The topological polar surface area (TPSA) is 57.4 Å². The minimum Gasteiger partial charge on any atom is -0.383 e. The van der Waals surface area contributed by atoms with Gasteiger partial charge in [-0.2, -0.15) is 0 Å². The van der Waals surface area contributed by atoms with E-state index in [1.54, 1.807) is 6.20 Å². The maximum atomic E-state index is 6.08. The molecule has 2 saturated heterocycles. The Morgan fingerprint density at radius 2 is 2.16 bits per heavy atom. The second-order valence-electron chi connectivity index (χ2n) is 5.75. The predicted molar refractivity (Wildman–Crippen MR) is 73.8 cm³/mol. The fraction of sp³-hybridized carbons (Fsp3) is 0.667. The quantitative estimate of drug-likeness (QED) is 0.887. The van der Waals surface area contributed by atoms with Crippen LogP contribution in [0.25, 0.3) is 0 Å². The summed E-state index contributed by atoms with van der Waals surface area (Å²) in [6.45, 7) is 2.54. The number of hydrogen-bond acceptors (Lipinski definition) is 4. The predicted octanol–water partition coefficient (Wildman–Crippen LogP) is 2.18. The van der Waals surface area contributed by atoms with Gasteiger partial charge in [-0.05, 0) is 49.7 Å². The van der Waals surface area contributed by atoms with Crippen molar-refractivity contribution in [1.29, 1.82) is 0 Å². The molecule has 0 saturated carbocycles. The lowest BCUT2D eigenvalue weighted by Gasteiger charge is -2.43. The number of nitrogen functional groups attached to an aromatic ring is 1. The summed E-state index contributed by atoms with van der Waals surface area (Å²) in [4.78, 5) is 4.18. The third kappa shape index (κ3) is 2.90. The Labute approximate surface area is 114 Å². The largest absolute Gasteiger partial charge is 0.383 e. The number of anilines is 1. The molecule has 2 fully saturated rings. The summed E-state index contributed by atoms with van der Waals surface area (Å²) in [6, 6.07) is 4.06. The molecule has 2 N–H and O–H groups in total. The molecule has 1 spiro atoms. The van der Waals surface area contributed by atoms with E-state index in [0.717, 1.165) is 51.9 Å². The molecular formula is C15H22N2O2. The minimum absolute atomic E-state index is 0.0676. The molecular weight excluding hydrogens is 240 g/mol. The summed E-state index contributed by atoms with van der Waals surface area (Å²) in [5.41, 5.74) is 7.19. The van der Waals surface area contributed by atoms with Crippen molar-refractivity contribution in [3.05, 3.63) is 23.9 Å². The van der Waals surface area contributed by atoms with Crippen LogP contribution < -0.4 is 5.73 Å². The molecule has 1 unspecified atom stereocenters. The summed E-state index contributed by atoms with van der Waals surface area (Å²) in [5, 5.41) is 0. The highest BCUT2D eigenvalue weighted by molar-refractivity contribution is 5.38. The lowest BCUT2D eigenvalue weighted by Crippen LogP contribution is -2.44. The Hall–Kier alpha value is -1.13. The lowest BCUT2D eigenvalue weighted by molar-refractivity contribution is -0.146. The van der Waals surface area contributed by atoms with Gasteiger partial charge in [-0.1, -0.05) is 6.07 Å². The first-order chi connectivity index (χ1) is 9.27. The number of rotatable bonds is 2. The van der Waals surface area contributed by atoms with Gasteiger partial charge in [0.1, 0.15) is 5.82 Å². The van der Waals surface area contributed by atoms with Crippen LogP contribution in [0.15, 0.2) is 18.3 Å². The molecule has 1 aromatic rings. The number of hydrogen-bond donors (Lipinski definition) is 1. The fourth-order valence-electron chi connectivity index (χ4n) is 3.33. The Bertz CT molecular complexity index is 424. The maximum absolute atomic E-state index is 6.08. The lowest BCUT2D eigenvalue weighted by atomic mass is 9.78. The van der Waals surface area contributed by atoms with Gasteiger partial charge in [0.25, 0.3) is 0 Å². The number of nitrogens with two attached hydrogens (primary N) is 1. The van der Waals surface area contributed by atoms with Crippen molar-refractivity contribution in [2.75, 3.05) is 25.6 Å². The highest BCUT2D eigenvalue weighted by atomic mass is 16.5. The average molecular weight is 262 g/mol. The van der Waals surface area contributed by atoms with Crippen molar-refractivity contribution >= 4 is 5.82 Å². The summed E-state index contributed by atoms with van der Waals surface area (Å²) >= 11 is 0. The molecule has 0 aliphatic carbocycles. The number of ether oxygens (including phenoxy) is 2. The summed E-state index contributed by atoms with van der Waals surface area (Å²) in [7, 11) is 0. The van der Waals surface area contributed by atoms with Crippen molar-refractivity contribution in [3.8, 4) is 0 Å². The monoisotopic (exact) mass is 262 g/mol. The first-order valence-corrected chi connectivity index (χ1v) is 7.18. The molecule has 0 aromatic carbocycles. The molecule has 0 amide bonds. The molecule has 0 bridgehead atoms. The van der Waals surface area contributed by atoms with E-state index in [1.807, 2.05) is 6.07 Å². The van der Waals surface area contributed by atoms with Crippen LogP contribution in [0.4, 0.5) is 5.82 Å². The third-order valence-electron chi connectivity index (χ3n) is 4.43. The molecule has 3 heterocycles. The molecule has 1 atom stereocenters. The maximum Gasteiger partial charge on any atom is 0.126 e. The van der Waals surface area contributed by atoms with Crippen LogP contribution in [0.2, 0.25) is 0 Å². The van der Waals surface area contributed by atoms with E-state index in [1.165, 1.54) is 5.56 Å². The van der Waals surface area contributed by atoms with Gasteiger partial charge in [-0.15, -0.1) is 0 Å². The van der Waals surface area contributed by atoms with Crippen LogP contribution in [0.1, 0.15) is 31.2 Å². The average Bonchev–Trinajstić information content (AvgIpc) is 2.42. The van der Waals surface area contributed by atoms with Crippen LogP contribution in [-0.4, -0.2) is 30.4 Å². The van der Waals surface area contributed by atoms with Crippen LogP contribution >= 0.6 is 0 Å². The van der Waals surface area contributed by atoms with Gasteiger partial charge in [-0.3, -0.25) is 0 Å². The van der Waals surface area contributed by atoms with Crippen LogP contribution in [0.3, 0.4) is 0 Å². The zero-order valence-electron chi connectivity index (χ0n) is 11.3. The summed E-state index contributed by atoms with van der Waals surface area (Å²) in [5.74, 6) is 1.33. The second-order valence-corrected chi connectivity index (χ2v) is 5.75. The van der Waals surface area contributed by atoms with E-state index in [-0.39, 0.29) is 5.60 Å². The van der Waals surface area contributed by atoms with Gasteiger partial charge < -0.3 is 15.2 Å². The SMILES string of the molecule is Nc1ncccc1CC1CCOC2(CCOCC2)C1. The van der Waals surface area contributed by atoms with Gasteiger partial charge in [0, 0.05) is 26.0 Å². The van der Waals surface area contributed by atoms with Gasteiger partial charge in [0.05, 0.1) is 5.60 Å². The van der Waals surface area contributed by atoms with E-state index >= 15 is 0 Å². The van der Waals surface area contributed by atoms with E-state index in [2.05, 4.69) is 11.1 Å². The van der Waals surface area contributed by atoms with Crippen LogP contribution in [-0.2, 0) is 15.9 Å². The minimum atomic E-state index is 0.0676. The van der Waals surface area contributed by atoms with Crippen molar-refractivity contribution < 1.29 is 9.47 Å². The summed E-state index contributed by atoms with van der Waals surface area (Å²) < 4.78 is 11.5. The van der Waals surface area contributed by atoms with Crippen molar-refractivity contribution in [3.63, 3.8) is 0 Å². The molecule has 4 heteroatoms. The molecule has 2 aliphatic heterocycles. The normalized spacial score (nSPS) is 26.4. The van der Waals surface area contributed by atoms with E-state index < -0.39 is 0 Å².